The van der Waals surface area contributed by atoms with Gasteiger partial charge in [0.15, 0.2) is 17.3 Å². The van der Waals surface area contributed by atoms with Crippen molar-refractivity contribution >= 4 is 5.91 Å². The first-order chi connectivity index (χ1) is 12.2. The Morgan fingerprint density at radius 1 is 1.28 bits per heavy atom. The largest absolute Gasteiger partial charge is 0.507 e. The van der Waals surface area contributed by atoms with E-state index in [1.54, 1.807) is 23.3 Å². The Labute approximate surface area is 142 Å². The van der Waals surface area contributed by atoms with Crippen molar-refractivity contribution in [3.63, 3.8) is 0 Å². The smallest absolute Gasteiger partial charge is 0.255 e. The Balaban J connectivity index is 1.44. The minimum atomic E-state index is -0.410. The maximum Gasteiger partial charge on any atom is 0.255 e. The summed E-state index contributed by atoms with van der Waals surface area (Å²) in [5.74, 6) is 0.981. The maximum absolute atomic E-state index is 12.3. The first-order valence-electron chi connectivity index (χ1n) is 7.56. The molecule has 1 amide bonds. The summed E-state index contributed by atoms with van der Waals surface area (Å²) in [6.45, 7) is 0.354. The lowest BCUT2D eigenvalue weighted by molar-refractivity contribution is 0.0948. The standard InChI is InChI=1S/C17H14N4O4/c22-13-7-15-14(24-10-25-15)6-12(13)17(23)19-9-11-2-3-16(18-8-11)21-5-1-4-20-21/h1-8,22H,9-10H2,(H,19,23). The predicted octanol–water partition coefficient (Wildman–Crippen LogP) is 1.63. The van der Waals surface area contributed by atoms with Crippen molar-refractivity contribution in [2.75, 3.05) is 6.79 Å². The fourth-order valence-corrected chi connectivity index (χ4v) is 2.45. The Morgan fingerprint density at radius 2 is 2.12 bits per heavy atom. The first-order valence-corrected chi connectivity index (χ1v) is 7.56. The van der Waals surface area contributed by atoms with E-state index in [1.165, 1.54) is 12.1 Å². The fourth-order valence-electron chi connectivity index (χ4n) is 2.45. The molecular weight excluding hydrogens is 324 g/mol. The van der Waals surface area contributed by atoms with Gasteiger partial charge < -0.3 is 19.9 Å². The Hall–Kier alpha value is -3.55. The molecule has 0 unspecified atom stereocenters. The summed E-state index contributed by atoms with van der Waals surface area (Å²) in [5.41, 5.74) is 0.954. The molecule has 1 aliphatic heterocycles. The van der Waals surface area contributed by atoms with Crippen molar-refractivity contribution in [3.8, 4) is 23.1 Å². The summed E-state index contributed by atoms with van der Waals surface area (Å²) in [7, 11) is 0. The molecule has 8 heteroatoms. The molecule has 2 N–H and O–H groups in total. The van der Waals surface area contributed by atoms with Crippen LogP contribution < -0.4 is 14.8 Å². The van der Waals surface area contributed by atoms with Gasteiger partial charge >= 0.3 is 0 Å². The predicted molar refractivity (Wildman–Crippen MR) is 86.8 cm³/mol. The molecule has 0 atom stereocenters. The number of ether oxygens (including phenoxy) is 2. The molecule has 0 saturated carbocycles. The Bertz CT molecular complexity index is 907. The number of carbonyl (C=O) groups excluding carboxylic acids is 1. The van der Waals surface area contributed by atoms with E-state index < -0.39 is 5.91 Å². The lowest BCUT2D eigenvalue weighted by atomic mass is 10.1. The van der Waals surface area contributed by atoms with Crippen LogP contribution in [0.2, 0.25) is 0 Å². The number of hydrogen-bond donors (Lipinski definition) is 2. The van der Waals surface area contributed by atoms with Gasteiger partial charge in [0, 0.05) is 37.3 Å². The number of pyridine rings is 1. The third-order valence-electron chi connectivity index (χ3n) is 3.74. The van der Waals surface area contributed by atoms with Gasteiger partial charge in [-0.1, -0.05) is 6.07 Å². The second kappa shape index (κ2) is 6.16. The van der Waals surface area contributed by atoms with E-state index in [9.17, 15) is 9.90 Å². The number of aromatic hydroxyl groups is 1. The number of hydrogen-bond acceptors (Lipinski definition) is 6. The summed E-state index contributed by atoms with van der Waals surface area (Å²) in [5, 5.41) is 16.8. The highest BCUT2D eigenvalue weighted by Crippen LogP contribution is 2.37. The van der Waals surface area contributed by atoms with Gasteiger partial charge in [0.2, 0.25) is 6.79 Å². The van der Waals surface area contributed by atoms with Crippen LogP contribution in [-0.2, 0) is 6.54 Å². The van der Waals surface area contributed by atoms with Gasteiger partial charge in [-0.05, 0) is 17.7 Å². The molecule has 25 heavy (non-hydrogen) atoms. The van der Waals surface area contributed by atoms with Crippen molar-refractivity contribution in [1.82, 2.24) is 20.1 Å². The van der Waals surface area contributed by atoms with E-state index in [1.807, 2.05) is 18.2 Å². The zero-order chi connectivity index (χ0) is 17.2. The third kappa shape index (κ3) is 2.97. The number of nitrogens with one attached hydrogen (secondary N) is 1. The maximum atomic E-state index is 12.3. The lowest BCUT2D eigenvalue weighted by Gasteiger charge is -2.08. The minimum absolute atomic E-state index is 0.0775. The molecule has 8 nitrogen and oxygen atoms in total. The van der Waals surface area contributed by atoms with Gasteiger partial charge in [-0.2, -0.15) is 5.10 Å². The zero-order valence-corrected chi connectivity index (χ0v) is 13.0. The lowest BCUT2D eigenvalue weighted by Crippen LogP contribution is -2.23. The van der Waals surface area contributed by atoms with Crippen molar-refractivity contribution in [1.29, 1.82) is 0 Å². The van der Waals surface area contributed by atoms with Crippen LogP contribution >= 0.6 is 0 Å². The van der Waals surface area contributed by atoms with Crippen molar-refractivity contribution in [2.45, 2.75) is 6.54 Å². The van der Waals surface area contributed by atoms with Crippen LogP contribution in [0.25, 0.3) is 5.82 Å². The van der Waals surface area contributed by atoms with Crippen LogP contribution in [0.15, 0.2) is 48.9 Å². The summed E-state index contributed by atoms with van der Waals surface area (Å²) < 4.78 is 12.0. The highest BCUT2D eigenvalue weighted by atomic mass is 16.7. The van der Waals surface area contributed by atoms with E-state index >= 15 is 0 Å². The second-order valence-corrected chi connectivity index (χ2v) is 5.38. The molecule has 0 bridgehead atoms. The van der Waals surface area contributed by atoms with Crippen LogP contribution in [-0.4, -0.2) is 32.6 Å². The number of aromatic nitrogens is 3. The van der Waals surface area contributed by atoms with Gasteiger partial charge in [-0.15, -0.1) is 0 Å². The van der Waals surface area contributed by atoms with E-state index in [2.05, 4.69) is 15.4 Å². The Morgan fingerprint density at radius 3 is 2.84 bits per heavy atom. The number of benzene rings is 1. The number of carbonyl (C=O) groups is 1. The topological polar surface area (TPSA) is 98.5 Å². The van der Waals surface area contributed by atoms with Gasteiger partial charge in [-0.3, -0.25) is 4.79 Å². The quantitative estimate of drug-likeness (QED) is 0.750. The number of phenolic OH excluding ortho intramolecular Hbond substituents is 1. The molecule has 3 aromatic rings. The van der Waals surface area contributed by atoms with Crippen LogP contribution in [0.5, 0.6) is 17.2 Å². The number of phenols is 1. The highest BCUT2D eigenvalue weighted by molar-refractivity contribution is 5.97. The average Bonchev–Trinajstić information content (AvgIpc) is 3.30. The molecule has 0 fully saturated rings. The fraction of sp³-hybridized carbons (Fsp3) is 0.118. The molecule has 126 valence electrons. The third-order valence-corrected chi connectivity index (χ3v) is 3.74. The SMILES string of the molecule is O=C(NCc1ccc(-n2cccn2)nc1)c1cc2c(cc1O)OCO2. The van der Waals surface area contributed by atoms with Crippen molar-refractivity contribution in [3.05, 3.63) is 60.0 Å². The molecule has 0 saturated heterocycles. The van der Waals surface area contributed by atoms with E-state index in [4.69, 9.17) is 9.47 Å². The molecule has 1 aromatic carbocycles. The zero-order valence-electron chi connectivity index (χ0n) is 13.0. The summed E-state index contributed by atoms with van der Waals surface area (Å²) in [6, 6.07) is 8.31. The van der Waals surface area contributed by atoms with Crippen molar-refractivity contribution < 1.29 is 19.4 Å². The van der Waals surface area contributed by atoms with Gasteiger partial charge in [-0.25, -0.2) is 9.67 Å². The van der Waals surface area contributed by atoms with Crippen molar-refractivity contribution in [2.24, 2.45) is 0 Å². The van der Waals surface area contributed by atoms with E-state index in [0.29, 0.717) is 17.3 Å². The van der Waals surface area contributed by atoms with Crippen LogP contribution in [0, 0.1) is 0 Å². The van der Waals surface area contributed by atoms with E-state index in [0.717, 1.165) is 5.56 Å². The Kier molecular flexibility index (Phi) is 3.70. The van der Waals surface area contributed by atoms with Crippen LogP contribution in [0.4, 0.5) is 0 Å². The number of amides is 1. The molecule has 0 aliphatic carbocycles. The van der Waals surface area contributed by atoms with Gasteiger partial charge in [0.25, 0.3) is 5.91 Å². The molecule has 0 spiro atoms. The van der Waals surface area contributed by atoms with Gasteiger partial charge in [0.05, 0.1) is 5.56 Å². The summed E-state index contributed by atoms with van der Waals surface area (Å²) in [4.78, 5) is 16.6. The van der Waals surface area contributed by atoms with Crippen LogP contribution in [0.3, 0.4) is 0 Å². The number of nitrogens with zero attached hydrogens (tertiary/aromatic N) is 3. The van der Waals surface area contributed by atoms with Crippen LogP contribution in [0.1, 0.15) is 15.9 Å². The molecule has 0 radical (unpaired) electrons. The molecule has 4 rings (SSSR count). The minimum Gasteiger partial charge on any atom is -0.507 e. The summed E-state index contributed by atoms with van der Waals surface area (Å²) >= 11 is 0. The molecule has 1 aliphatic rings. The molecule has 3 heterocycles. The monoisotopic (exact) mass is 338 g/mol. The molecular formula is C17H14N4O4. The number of fused-ring (bicyclic) bond motifs is 1. The second-order valence-electron chi connectivity index (χ2n) is 5.38. The first kappa shape index (κ1) is 15.0. The van der Waals surface area contributed by atoms with E-state index in [-0.39, 0.29) is 24.7 Å². The highest BCUT2D eigenvalue weighted by Gasteiger charge is 2.20. The molecule has 2 aromatic heterocycles. The summed E-state index contributed by atoms with van der Waals surface area (Å²) in [6.07, 6.45) is 5.14. The van der Waals surface area contributed by atoms with Gasteiger partial charge in [0.1, 0.15) is 5.75 Å². The average molecular weight is 338 g/mol. The number of rotatable bonds is 4. The normalized spacial score (nSPS) is 12.2.